The summed E-state index contributed by atoms with van der Waals surface area (Å²) in [6.07, 6.45) is 1.54. The number of aromatic amines is 1. The average molecular weight is 391 g/mol. The minimum Gasteiger partial charge on any atom is -0.295 e. The molecule has 6 heteroatoms. The Kier molecular flexibility index (Phi) is 4.50. The van der Waals surface area contributed by atoms with E-state index in [4.69, 9.17) is 11.6 Å². The summed E-state index contributed by atoms with van der Waals surface area (Å²) in [6, 6.07) is 14.8. The van der Waals surface area contributed by atoms with Crippen molar-refractivity contribution in [3.05, 3.63) is 79.6 Å². The number of rotatable bonds is 3. The van der Waals surface area contributed by atoms with Crippen molar-refractivity contribution in [3.63, 3.8) is 0 Å². The molecule has 1 N–H and O–H groups in total. The summed E-state index contributed by atoms with van der Waals surface area (Å²) in [4.78, 5) is 16.9. The van der Waals surface area contributed by atoms with Crippen molar-refractivity contribution in [2.45, 2.75) is 6.92 Å². The Balaban J connectivity index is 2.00. The predicted molar refractivity (Wildman–Crippen MR) is 97.5 cm³/mol. The highest BCUT2D eigenvalue weighted by atomic mass is 79.9. The smallest absolute Gasteiger partial charge is 0.280 e. The second-order valence-corrected chi connectivity index (χ2v) is 6.30. The minimum atomic E-state index is -0.148. The molecule has 0 fully saturated rings. The highest BCUT2D eigenvalue weighted by Gasteiger charge is 2.10. The first-order valence-corrected chi connectivity index (χ1v) is 8.09. The summed E-state index contributed by atoms with van der Waals surface area (Å²) in [6.45, 7) is 1.84. The van der Waals surface area contributed by atoms with Crippen molar-refractivity contribution in [1.29, 1.82) is 0 Å². The van der Waals surface area contributed by atoms with Gasteiger partial charge in [0.1, 0.15) is 0 Å². The number of hydrogen-bond donors (Lipinski definition) is 1. The second-order valence-electron chi connectivity index (χ2n) is 4.98. The summed E-state index contributed by atoms with van der Waals surface area (Å²) in [7, 11) is 0. The third kappa shape index (κ3) is 3.30. The lowest BCUT2D eigenvalue weighted by Gasteiger charge is -1.99. The van der Waals surface area contributed by atoms with Crippen LogP contribution in [0.5, 0.6) is 0 Å². The Morgan fingerprint density at radius 2 is 1.96 bits per heavy atom. The van der Waals surface area contributed by atoms with Gasteiger partial charge in [0.15, 0.2) is 0 Å². The van der Waals surface area contributed by atoms with Gasteiger partial charge in [0.2, 0.25) is 0 Å². The number of nitrogens with one attached hydrogen (secondary N) is 1. The molecule has 0 unspecified atom stereocenters. The molecule has 4 nitrogen and oxygen atoms in total. The Labute approximate surface area is 146 Å². The van der Waals surface area contributed by atoms with Gasteiger partial charge in [0.25, 0.3) is 5.56 Å². The number of aryl methyl sites for hydroxylation is 1. The molecule has 0 aliphatic rings. The van der Waals surface area contributed by atoms with Crippen LogP contribution >= 0.6 is 27.5 Å². The van der Waals surface area contributed by atoms with Crippen LogP contribution in [0.1, 0.15) is 11.3 Å². The fraction of sp³-hybridized carbons (Fsp3) is 0.0588. The van der Waals surface area contributed by atoms with Crippen LogP contribution in [-0.4, -0.2) is 16.0 Å². The number of nitrogens with zero attached hydrogens (tertiary/aromatic N) is 2. The van der Waals surface area contributed by atoms with Crippen molar-refractivity contribution >= 4 is 39.4 Å². The molecule has 116 valence electrons. The molecule has 0 spiro atoms. The standard InChI is InChI=1S/C17H13BrClN3O/c1-11-14(10-20-16-8-7-12(18)9-15(16)19)17(23)22(21-11)13-5-3-2-4-6-13/h2-10,21H,1H3. The van der Waals surface area contributed by atoms with Gasteiger partial charge in [-0.15, -0.1) is 0 Å². The third-order valence-corrected chi connectivity index (χ3v) is 4.17. The van der Waals surface area contributed by atoms with E-state index in [2.05, 4.69) is 26.0 Å². The molecule has 1 heterocycles. The maximum absolute atomic E-state index is 12.6. The lowest BCUT2D eigenvalue weighted by atomic mass is 10.2. The van der Waals surface area contributed by atoms with Gasteiger partial charge in [-0.25, -0.2) is 4.68 Å². The van der Waals surface area contributed by atoms with Crippen molar-refractivity contribution in [2.75, 3.05) is 0 Å². The molecule has 0 atom stereocenters. The quantitative estimate of drug-likeness (QED) is 0.651. The number of benzene rings is 2. The maximum atomic E-state index is 12.6. The zero-order valence-electron chi connectivity index (χ0n) is 12.3. The second kappa shape index (κ2) is 6.56. The number of para-hydroxylation sites is 1. The first kappa shape index (κ1) is 15.8. The number of hydrogen-bond acceptors (Lipinski definition) is 2. The van der Waals surface area contributed by atoms with Gasteiger partial charge in [0, 0.05) is 16.4 Å². The number of halogens is 2. The number of aliphatic imine (C=N–C) groups is 1. The van der Waals surface area contributed by atoms with Gasteiger partial charge in [-0.3, -0.25) is 14.9 Å². The molecule has 0 saturated carbocycles. The highest BCUT2D eigenvalue weighted by molar-refractivity contribution is 9.10. The summed E-state index contributed by atoms with van der Waals surface area (Å²) in [5, 5.41) is 3.58. The molecular formula is C17H13BrClN3O. The number of aromatic nitrogens is 2. The predicted octanol–water partition coefficient (Wildman–Crippen LogP) is 4.64. The highest BCUT2D eigenvalue weighted by Crippen LogP contribution is 2.27. The summed E-state index contributed by atoms with van der Waals surface area (Å²) in [5.74, 6) is 0. The molecule has 0 aliphatic carbocycles. The minimum absolute atomic E-state index is 0.148. The van der Waals surface area contributed by atoms with E-state index in [9.17, 15) is 4.79 Å². The van der Waals surface area contributed by atoms with Gasteiger partial charge >= 0.3 is 0 Å². The van der Waals surface area contributed by atoms with Crippen LogP contribution in [0.3, 0.4) is 0 Å². The van der Waals surface area contributed by atoms with E-state index in [1.807, 2.05) is 43.3 Å². The van der Waals surface area contributed by atoms with Gasteiger partial charge in [0.05, 0.1) is 22.0 Å². The van der Waals surface area contributed by atoms with Crippen molar-refractivity contribution in [3.8, 4) is 5.69 Å². The lowest BCUT2D eigenvalue weighted by Crippen LogP contribution is -2.17. The largest absolute Gasteiger partial charge is 0.295 e. The normalized spacial score (nSPS) is 11.3. The van der Waals surface area contributed by atoms with E-state index in [1.165, 1.54) is 4.68 Å². The maximum Gasteiger partial charge on any atom is 0.280 e. The Morgan fingerprint density at radius 1 is 1.22 bits per heavy atom. The monoisotopic (exact) mass is 389 g/mol. The van der Waals surface area contributed by atoms with Crippen molar-refractivity contribution < 1.29 is 0 Å². The van der Waals surface area contributed by atoms with Crippen LogP contribution in [0.2, 0.25) is 5.02 Å². The third-order valence-electron chi connectivity index (χ3n) is 3.37. The molecule has 0 radical (unpaired) electrons. The fourth-order valence-corrected chi connectivity index (χ4v) is 2.91. The van der Waals surface area contributed by atoms with E-state index >= 15 is 0 Å². The van der Waals surface area contributed by atoms with E-state index < -0.39 is 0 Å². The van der Waals surface area contributed by atoms with E-state index in [1.54, 1.807) is 18.3 Å². The number of H-pyrrole nitrogens is 1. The van der Waals surface area contributed by atoms with Gasteiger partial charge in [-0.1, -0.05) is 45.7 Å². The van der Waals surface area contributed by atoms with Crippen molar-refractivity contribution in [2.24, 2.45) is 4.99 Å². The first-order chi connectivity index (χ1) is 11.1. The fourth-order valence-electron chi connectivity index (χ4n) is 2.19. The van der Waals surface area contributed by atoms with Gasteiger partial charge < -0.3 is 0 Å². The molecule has 1 aromatic heterocycles. The summed E-state index contributed by atoms with van der Waals surface area (Å²) >= 11 is 9.49. The van der Waals surface area contributed by atoms with Crippen molar-refractivity contribution in [1.82, 2.24) is 9.78 Å². The zero-order chi connectivity index (χ0) is 16.4. The molecule has 3 aromatic rings. The van der Waals surface area contributed by atoms with Crippen LogP contribution < -0.4 is 5.56 Å². The first-order valence-electron chi connectivity index (χ1n) is 6.92. The van der Waals surface area contributed by atoms with E-state index in [0.29, 0.717) is 16.3 Å². The Morgan fingerprint density at radius 3 is 2.65 bits per heavy atom. The molecular weight excluding hydrogens is 378 g/mol. The van der Waals surface area contributed by atoms with Gasteiger partial charge in [-0.05, 0) is 37.3 Å². The molecule has 0 amide bonds. The van der Waals surface area contributed by atoms with E-state index in [0.717, 1.165) is 15.9 Å². The Hall–Kier alpha value is -2.11. The SMILES string of the molecule is Cc1[nH]n(-c2ccccc2)c(=O)c1C=Nc1ccc(Br)cc1Cl. The molecule has 23 heavy (non-hydrogen) atoms. The zero-order valence-corrected chi connectivity index (χ0v) is 14.6. The summed E-state index contributed by atoms with van der Waals surface area (Å²) in [5.41, 5.74) is 2.50. The van der Waals surface area contributed by atoms with Crippen LogP contribution in [0.25, 0.3) is 5.69 Å². The van der Waals surface area contributed by atoms with E-state index in [-0.39, 0.29) is 5.56 Å². The van der Waals surface area contributed by atoms with Crippen LogP contribution in [0.4, 0.5) is 5.69 Å². The average Bonchev–Trinajstić information content (AvgIpc) is 2.82. The lowest BCUT2D eigenvalue weighted by molar-refractivity contribution is 0.835. The van der Waals surface area contributed by atoms with Crippen LogP contribution in [-0.2, 0) is 0 Å². The molecule has 0 saturated heterocycles. The molecule has 0 bridgehead atoms. The van der Waals surface area contributed by atoms with Crippen LogP contribution in [0, 0.1) is 6.92 Å². The molecule has 0 aliphatic heterocycles. The molecule has 2 aromatic carbocycles. The topological polar surface area (TPSA) is 50.1 Å². The van der Waals surface area contributed by atoms with Crippen LogP contribution in [0.15, 0.2) is 62.8 Å². The molecule has 3 rings (SSSR count). The summed E-state index contributed by atoms with van der Waals surface area (Å²) < 4.78 is 2.38. The Bertz CT molecular complexity index is 929. The van der Waals surface area contributed by atoms with Gasteiger partial charge in [-0.2, -0.15) is 0 Å².